The minimum Gasteiger partial charge on any atom is -0.423 e. The molecule has 4 nitrogen and oxygen atoms in total. The van der Waals surface area contributed by atoms with E-state index in [0.29, 0.717) is 23.6 Å². The number of esters is 1. The fourth-order valence-corrected chi connectivity index (χ4v) is 3.95. The Morgan fingerprint density at radius 3 is 2.38 bits per heavy atom. The van der Waals surface area contributed by atoms with E-state index < -0.39 is 15.8 Å². The zero-order valence-electron chi connectivity index (χ0n) is 11.5. The van der Waals surface area contributed by atoms with E-state index >= 15 is 0 Å². The first-order chi connectivity index (χ1) is 9.97. The average molecular weight is 329 g/mol. The van der Waals surface area contributed by atoms with E-state index in [1.54, 1.807) is 24.3 Å². The summed E-state index contributed by atoms with van der Waals surface area (Å²) < 4.78 is 29.2. The van der Waals surface area contributed by atoms with Crippen molar-refractivity contribution in [3.63, 3.8) is 0 Å². The van der Waals surface area contributed by atoms with Crippen molar-refractivity contribution in [2.75, 3.05) is 0 Å². The third kappa shape index (κ3) is 4.86. The maximum Gasteiger partial charge on any atom is 0.336 e. The summed E-state index contributed by atoms with van der Waals surface area (Å²) >= 11 is 5.72. The van der Waals surface area contributed by atoms with Gasteiger partial charge in [0, 0.05) is 16.5 Å². The zero-order chi connectivity index (χ0) is 15.3. The van der Waals surface area contributed by atoms with Gasteiger partial charge in [0.2, 0.25) is 0 Å². The summed E-state index contributed by atoms with van der Waals surface area (Å²) in [5.74, 6) is -0.388. The molecule has 1 saturated carbocycles. The summed E-state index contributed by atoms with van der Waals surface area (Å²) in [6.45, 7) is 0. The summed E-state index contributed by atoms with van der Waals surface area (Å²) in [4.78, 5) is 11.6. The molecule has 0 aromatic heterocycles. The van der Waals surface area contributed by atoms with Crippen molar-refractivity contribution < 1.29 is 17.9 Å². The lowest BCUT2D eigenvalue weighted by atomic mass is 10.0. The van der Waals surface area contributed by atoms with Crippen LogP contribution in [0, 0.1) is 0 Å². The van der Waals surface area contributed by atoms with Crippen LogP contribution in [0.5, 0.6) is 5.75 Å². The molecule has 0 N–H and O–H groups in total. The van der Waals surface area contributed by atoms with E-state index in [4.69, 9.17) is 16.3 Å². The van der Waals surface area contributed by atoms with Gasteiger partial charge >= 0.3 is 5.97 Å². The van der Waals surface area contributed by atoms with Gasteiger partial charge in [-0.25, -0.2) is 13.2 Å². The second-order valence-corrected chi connectivity index (χ2v) is 7.58. The molecule has 0 spiro atoms. The van der Waals surface area contributed by atoms with Crippen molar-refractivity contribution >= 4 is 27.4 Å². The third-order valence-electron chi connectivity index (χ3n) is 3.44. The molecule has 0 atom stereocenters. The van der Waals surface area contributed by atoms with Gasteiger partial charge < -0.3 is 4.74 Å². The first kappa shape index (κ1) is 16.0. The largest absolute Gasteiger partial charge is 0.423 e. The number of rotatable bonds is 4. The molecule has 1 aromatic rings. The molecule has 114 valence electrons. The number of sulfone groups is 1. The number of carbonyl (C=O) groups excluding carboxylic acids is 1. The molecule has 1 aliphatic rings. The molecule has 2 rings (SSSR count). The molecule has 6 heteroatoms. The predicted octanol–water partition coefficient (Wildman–Crippen LogP) is 3.51. The van der Waals surface area contributed by atoms with Gasteiger partial charge in [-0.2, -0.15) is 0 Å². The Hall–Kier alpha value is -1.33. The van der Waals surface area contributed by atoms with E-state index in [-0.39, 0.29) is 5.25 Å². The second kappa shape index (κ2) is 7.09. The fraction of sp³-hybridized carbons (Fsp3) is 0.400. The lowest BCUT2D eigenvalue weighted by Crippen LogP contribution is -2.22. The van der Waals surface area contributed by atoms with Crippen LogP contribution in [-0.2, 0) is 14.6 Å². The van der Waals surface area contributed by atoms with Gasteiger partial charge in [0.15, 0.2) is 9.84 Å². The molecular formula is C15H17ClO4S. The molecule has 0 aliphatic heterocycles. The maximum absolute atomic E-state index is 12.1. The Morgan fingerprint density at radius 2 is 1.76 bits per heavy atom. The van der Waals surface area contributed by atoms with Crippen LogP contribution in [0.3, 0.4) is 0 Å². The Balaban J connectivity index is 1.96. The van der Waals surface area contributed by atoms with Crippen LogP contribution < -0.4 is 4.74 Å². The standard InChI is InChI=1S/C15H17ClO4S/c16-12-6-8-13(9-7-12)20-15(17)10-11-21(18,19)14-4-2-1-3-5-14/h6-11,14H,1-5H2/b11-10+. The molecule has 0 unspecified atom stereocenters. The van der Waals surface area contributed by atoms with Gasteiger partial charge in [-0.15, -0.1) is 0 Å². The molecule has 0 heterocycles. The van der Waals surface area contributed by atoms with Crippen LogP contribution in [0.15, 0.2) is 35.7 Å². The normalized spacial score (nSPS) is 17.0. The fourth-order valence-electron chi connectivity index (χ4n) is 2.31. The van der Waals surface area contributed by atoms with Gasteiger partial charge in [-0.3, -0.25) is 0 Å². The number of hydrogen-bond donors (Lipinski definition) is 0. The predicted molar refractivity (Wildman–Crippen MR) is 82.0 cm³/mol. The highest BCUT2D eigenvalue weighted by Crippen LogP contribution is 2.24. The van der Waals surface area contributed by atoms with Gasteiger partial charge in [-0.1, -0.05) is 30.9 Å². The SMILES string of the molecule is O=C(/C=C/S(=O)(=O)C1CCCCC1)Oc1ccc(Cl)cc1. The van der Waals surface area contributed by atoms with E-state index in [2.05, 4.69) is 0 Å². The van der Waals surface area contributed by atoms with Crippen LogP contribution in [0.4, 0.5) is 0 Å². The van der Waals surface area contributed by atoms with Gasteiger partial charge in [0.05, 0.1) is 5.25 Å². The van der Waals surface area contributed by atoms with Gasteiger partial charge in [0.1, 0.15) is 5.75 Å². The number of benzene rings is 1. The van der Waals surface area contributed by atoms with Crippen molar-refractivity contribution in [3.05, 3.63) is 40.8 Å². The van der Waals surface area contributed by atoms with Crippen LogP contribution >= 0.6 is 11.6 Å². The van der Waals surface area contributed by atoms with Crippen LogP contribution in [0.2, 0.25) is 5.02 Å². The average Bonchev–Trinajstić information content (AvgIpc) is 2.49. The molecule has 0 bridgehead atoms. The van der Waals surface area contributed by atoms with E-state index in [9.17, 15) is 13.2 Å². The Morgan fingerprint density at radius 1 is 1.14 bits per heavy atom. The summed E-state index contributed by atoms with van der Waals surface area (Å²) in [6, 6.07) is 6.27. The van der Waals surface area contributed by atoms with Crippen LogP contribution in [0.1, 0.15) is 32.1 Å². The second-order valence-electron chi connectivity index (χ2n) is 5.03. The molecule has 0 radical (unpaired) electrons. The van der Waals surface area contributed by atoms with Crippen molar-refractivity contribution in [1.82, 2.24) is 0 Å². The van der Waals surface area contributed by atoms with Crippen molar-refractivity contribution in [3.8, 4) is 5.75 Å². The molecule has 1 aromatic carbocycles. The third-order valence-corrected chi connectivity index (χ3v) is 5.61. The number of hydrogen-bond acceptors (Lipinski definition) is 4. The topological polar surface area (TPSA) is 60.4 Å². The molecular weight excluding hydrogens is 312 g/mol. The van der Waals surface area contributed by atoms with E-state index in [1.807, 2.05) is 0 Å². The van der Waals surface area contributed by atoms with Gasteiger partial charge in [0.25, 0.3) is 0 Å². The van der Waals surface area contributed by atoms with Gasteiger partial charge in [-0.05, 0) is 37.1 Å². The Kier molecular flexibility index (Phi) is 5.42. The number of carbonyl (C=O) groups is 1. The number of ether oxygens (including phenoxy) is 1. The molecule has 21 heavy (non-hydrogen) atoms. The minimum absolute atomic E-state index is 0.323. The smallest absolute Gasteiger partial charge is 0.336 e. The summed E-state index contributed by atoms with van der Waals surface area (Å²) in [5.41, 5.74) is 0. The van der Waals surface area contributed by atoms with Crippen molar-refractivity contribution in [2.24, 2.45) is 0 Å². The highest BCUT2D eigenvalue weighted by atomic mass is 35.5. The summed E-state index contributed by atoms with van der Waals surface area (Å²) in [6.07, 6.45) is 5.23. The monoisotopic (exact) mass is 328 g/mol. The lowest BCUT2D eigenvalue weighted by molar-refractivity contribution is -0.128. The van der Waals surface area contributed by atoms with E-state index in [1.165, 1.54) is 0 Å². The van der Waals surface area contributed by atoms with E-state index in [0.717, 1.165) is 30.7 Å². The molecule has 0 amide bonds. The quantitative estimate of drug-likeness (QED) is 0.482. The first-order valence-corrected chi connectivity index (χ1v) is 8.85. The number of halogens is 1. The highest BCUT2D eigenvalue weighted by Gasteiger charge is 2.25. The molecule has 1 fully saturated rings. The lowest BCUT2D eigenvalue weighted by Gasteiger charge is -2.19. The first-order valence-electron chi connectivity index (χ1n) is 6.87. The molecule has 0 saturated heterocycles. The van der Waals surface area contributed by atoms with Crippen LogP contribution in [-0.4, -0.2) is 19.6 Å². The zero-order valence-corrected chi connectivity index (χ0v) is 13.1. The summed E-state index contributed by atoms with van der Waals surface area (Å²) in [7, 11) is -3.38. The Labute approximate surface area is 129 Å². The van der Waals surface area contributed by atoms with Crippen molar-refractivity contribution in [1.29, 1.82) is 0 Å². The molecule has 1 aliphatic carbocycles. The minimum atomic E-state index is -3.38. The highest BCUT2D eigenvalue weighted by molar-refractivity contribution is 7.94. The van der Waals surface area contributed by atoms with Crippen LogP contribution in [0.25, 0.3) is 0 Å². The maximum atomic E-state index is 12.1. The van der Waals surface area contributed by atoms with Crippen molar-refractivity contribution in [2.45, 2.75) is 37.4 Å². The Bertz CT molecular complexity index is 614. The summed E-state index contributed by atoms with van der Waals surface area (Å²) in [5, 5.41) is 1.14.